The standard InChI is InChI=1S/C15H23N3O2/c16-8-7-15(5-6-15)11-17-14(19)18-9-1-3-12(18)13-4-2-10-20-13/h12-13H,1-7,9-11H2,(H,17,19)/t12-,13-/m0/s1. The second-order valence-corrected chi connectivity index (χ2v) is 6.45. The Hall–Kier alpha value is -1.28. The fraction of sp³-hybridized carbons (Fsp3) is 0.867. The summed E-state index contributed by atoms with van der Waals surface area (Å²) in [5.74, 6) is 0. The second-order valence-electron chi connectivity index (χ2n) is 6.45. The van der Waals surface area contributed by atoms with E-state index in [1.54, 1.807) is 0 Å². The van der Waals surface area contributed by atoms with E-state index in [0.717, 1.165) is 51.7 Å². The number of rotatable bonds is 4. The highest BCUT2D eigenvalue weighted by Gasteiger charge is 2.43. The lowest BCUT2D eigenvalue weighted by atomic mass is 10.0. The molecule has 0 unspecified atom stereocenters. The van der Waals surface area contributed by atoms with Crippen molar-refractivity contribution in [2.45, 2.75) is 57.1 Å². The number of ether oxygens (including phenoxy) is 1. The molecule has 0 aromatic carbocycles. The van der Waals surface area contributed by atoms with Crippen LogP contribution in [0, 0.1) is 16.7 Å². The zero-order chi connectivity index (χ0) is 14.0. The third kappa shape index (κ3) is 2.76. The highest BCUT2D eigenvalue weighted by Crippen LogP contribution is 2.47. The molecule has 1 saturated carbocycles. The molecule has 0 bridgehead atoms. The number of nitrogens with zero attached hydrogens (tertiary/aromatic N) is 2. The van der Waals surface area contributed by atoms with Crippen LogP contribution >= 0.6 is 0 Å². The van der Waals surface area contributed by atoms with Gasteiger partial charge in [0.2, 0.25) is 0 Å². The molecule has 20 heavy (non-hydrogen) atoms. The molecule has 5 heteroatoms. The summed E-state index contributed by atoms with van der Waals surface area (Å²) in [5.41, 5.74) is 0.0729. The van der Waals surface area contributed by atoms with Crippen LogP contribution in [0.2, 0.25) is 0 Å². The van der Waals surface area contributed by atoms with Crippen molar-refractivity contribution in [2.24, 2.45) is 5.41 Å². The molecule has 5 nitrogen and oxygen atoms in total. The molecule has 2 amide bonds. The van der Waals surface area contributed by atoms with Gasteiger partial charge in [0.1, 0.15) is 0 Å². The molecular formula is C15H23N3O2. The highest BCUT2D eigenvalue weighted by atomic mass is 16.5. The predicted octanol–water partition coefficient (Wildman–Crippen LogP) is 2.03. The number of carbonyl (C=O) groups excluding carboxylic acids is 1. The molecule has 2 atom stereocenters. The number of urea groups is 1. The van der Waals surface area contributed by atoms with Crippen molar-refractivity contribution in [1.29, 1.82) is 5.26 Å². The van der Waals surface area contributed by atoms with Gasteiger partial charge in [0.15, 0.2) is 0 Å². The zero-order valence-electron chi connectivity index (χ0n) is 11.9. The van der Waals surface area contributed by atoms with Gasteiger partial charge in [-0.1, -0.05) is 0 Å². The molecule has 0 radical (unpaired) electrons. The Labute approximate surface area is 120 Å². The van der Waals surface area contributed by atoms with Gasteiger partial charge < -0.3 is 15.0 Å². The van der Waals surface area contributed by atoms with Gasteiger partial charge in [-0.3, -0.25) is 0 Å². The third-order valence-corrected chi connectivity index (χ3v) is 4.98. The molecule has 2 saturated heterocycles. The van der Waals surface area contributed by atoms with E-state index in [1.807, 2.05) is 4.90 Å². The van der Waals surface area contributed by atoms with E-state index in [-0.39, 0.29) is 23.6 Å². The van der Waals surface area contributed by atoms with E-state index in [4.69, 9.17) is 10.00 Å². The van der Waals surface area contributed by atoms with Crippen molar-refractivity contribution in [3.05, 3.63) is 0 Å². The van der Waals surface area contributed by atoms with Crippen LogP contribution in [-0.4, -0.2) is 42.8 Å². The quantitative estimate of drug-likeness (QED) is 0.855. The molecule has 3 aliphatic rings. The lowest BCUT2D eigenvalue weighted by Gasteiger charge is -2.29. The number of nitriles is 1. The zero-order valence-corrected chi connectivity index (χ0v) is 11.9. The number of amides is 2. The highest BCUT2D eigenvalue weighted by molar-refractivity contribution is 5.75. The van der Waals surface area contributed by atoms with E-state index < -0.39 is 0 Å². The summed E-state index contributed by atoms with van der Waals surface area (Å²) in [6.45, 7) is 2.32. The number of hydrogen-bond donors (Lipinski definition) is 1. The van der Waals surface area contributed by atoms with Crippen molar-refractivity contribution < 1.29 is 9.53 Å². The smallest absolute Gasteiger partial charge is 0.317 e. The maximum absolute atomic E-state index is 12.4. The maximum Gasteiger partial charge on any atom is 0.317 e. The van der Waals surface area contributed by atoms with Crippen LogP contribution in [0.15, 0.2) is 0 Å². The number of carbonyl (C=O) groups is 1. The first-order valence-corrected chi connectivity index (χ1v) is 7.77. The molecule has 1 aliphatic carbocycles. The van der Waals surface area contributed by atoms with E-state index in [9.17, 15) is 4.79 Å². The van der Waals surface area contributed by atoms with Gasteiger partial charge in [0, 0.05) is 31.5 Å². The van der Waals surface area contributed by atoms with E-state index in [1.165, 1.54) is 0 Å². The largest absolute Gasteiger partial charge is 0.376 e. The maximum atomic E-state index is 12.4. The van der Waals surface area contributed by atoms with Gasteiger partial charge in [-0.15, -0.1) is 0 Å². The minimum absolute atomic E-state index is 0.0345. The molecule has 1 N–H and O–H groups in total. The monoisotopic (exact) mass is 277 g/mol. The van der Waals surface area contributed by atoms with Crippen molar-refractivity contribution in [1.82, 2.24) is 10.2 Å². The Morgan fingerprint density at radius 1 is 1.40 bits per heavy atom. The molecule has 110 valence electrons. The van der Waals surface area contributed by atoms with Crippen molar-refractivity contribution in [2.75, 3.05) is 19.7 Å². The van der Waals surface area contributed by atoms with Gasteiger partial charge in [-0.05, 0) is 38.5 Å². The number of hydrogen-bond acceptors (Lipinski definition) is 3. The first-order chi connectivity index (χ1) is 9.74. The molecule has 2 heterocycles. The van der Waals surface area contributed by atoms with Gasteiger partial charge in [0.05, 0.1) is 18.2 Å². The minimum Gasteiger partial charge on any atom is -0.376 e. The van der Waals surface area contributed by atoms with Crippen LogP contribution in [-0.2, 0) is 4.74 Å². The van der Waals surface area contributed by atoms with Crippen LogP contribution < -0.4 is 5.32 Å². The van der Waals surface area contributed by atoms with Gasteiger partial charge >= 0.3 is 6.03 Å². The topological polar surface area (TPSA) is 65.4 Å². The Morgan fingerprint density at radius 3 is 2.90 bits per heavy atom. The third-order valence-electron chi connectivity index (χ3n) is 4.98. The molecule has 3 fully saturated rings. The fourth-order valence-electron chi connectivity index (χ4n) is 3.46. The minimum atomic E-state index is 0.0345. The van der Waals surface area contributed by atoms with E-state index in [0.29, 0.717) is 13.0 Å². The van der Waals surface area contributed by atoms with Crippen LogP contribution in [0.5, 0.6) is 0 Å². The lowest BCUT2D eigenvalue weighted by molar-refractivity contribution is 0.0519. The Morgan fingerprint density at radius 2 is 2.25 bits per heavy atom. The fourth-order valence-corrected chi connectivity index (χ4v) is 3.46. The molecular weight excluding hydrogens is 254 g/mol. The van der Waals surface area contributed by atoms with Crippen molar-refractivity contribution in [3.63, 3.8) is 0 Å². The molecule has 3 rings (SSSR count). The lowest BCUT2D eigenvalue weighted by Crippen LogP contribution is -2.48. The molecule has 2 aliphatic heterocycles. The first kappa shape index (κ1) is 13.7. The summed E-state index contributed by atoms with van der Waals surface area (Å²) in [4.78, 5) is 14.3. The Balaban J connectivity index is 1.52. The Kier molecular flexibility index (Phi) is 3.84. The number of likely N-dealkylation sites (tertiary alicyclic amines) is 1. The summed E-state index contributed by atoms with van der Waals surface area (Å²) in [6.07, 6.45) is 7.24. The summed E-state index contributed by atoms with van der Waals surface area (Å²) >= 11 is 0. The normalized spacial score (nSPS) is 31.1. The van der Waals surface area contributed by atoms with Gasteiger partial charge in [-0.2, -0.15) is 5.26 Å². The second kappa shape index (κ2) is 5.61. The van der Waals surface area contributed by atoms with E-state index in [2.05, 4.69) is 11.4 Å². The first-order valence-electron chi connectivity index (χ1n) is 7.77. The summed E-state index contributed by atoms with van der Waals surface area (Å²) in [5, 5.41) is 11.9. The summed E-state index contributed by atoms with van der Waals surface area (Å²) in [7, 11) is 0. The van der Waals surface area contributed by atoms with Crippen molar-refractivity contribution in [3.8, 4) is 6.07 Å². The predicted molar refractivity (Wildman–Crippen MR) is 74.0 cm³/mol. The number of nitrogens with one attached hydrogen (secondary N) is 1. The molecule has 0 aromatic heterocycles. The SMILES string of the molecule is N#CCC1(CNC(=O)N2CCC[C@H]2[C@@H]2CCCO2)CC1. The summed E-state index contributed by atoms with van der Waals surface area (Å²) < 4.78 is 5.75. The summed E-state index contributed by atoms with van der Waals surface area (Å²) in [6, 6.07) is 2.52. The van der Waals surface area contributed by atoms with Gasteiger partial charge in [-0.25, -0.2) is 4.79 Å². The van der Waals surface area contributed by atoms with Gasteiger partial charge in [0.25, 0.3) is 0 Å². The molecule has 0 aromatic rings. The van der Waals surface area contributed by atoms with Crippen LogP contribution in [0.25, 0.3) is 0 Å². The van der Waals surface area contributed by atoms with Crippen LogP contribution in [0.1, 0.15) is 44.9 Å². The Bertz CT molecular complexity index is 408. The average Bonchev–Trinajstić information content (AvgIpc) is 2.88. The van der Waals surface area contributed by atoms with E-state index >= 15 is 0 Å². The van der Waals surface area contributed by atoms with Crippen LogP contribution in [0.3, 0.4) is 0 Å². The van der Waals surface area contributed by atoms with Crippen LogP contribution in [0.4, 0.5) is 4.79 Å². The average molecular weight is 277 g/mol. The van der Waals surface area contributed by atoms with Crippen molar-refractivity contribution >= 4 is 6.03 Å². The molecule has 0 spiro atoms.